The van der Waals surface area contributed by atoms with E-state index in [4.69, 9.17) is 4.43 Å². The monoisotopic (exact) mass is 322 g/mol. The molecule has 1 aromatic rings. The fourth-order valence-corrected chi connectivity index (χ4v) is 9.40. The van der Waals surface area contributed by atoms with Gasteiger partial charge in [-0.3, -0.25) is 0 Å². The summed E-state index contributed by atoms with van der Waals surface area (Å²) in [4.78, 5) is 0. The van der Waals surface area contributed by atoms with Crippen molar-refractivity contribution in [2.75, 3.05) is 0 Å². The van der Waals surface area contributed by atoms with Gasteiger partial charge in [-0.1, -0.05) is 78.8 Å². The van der Waals surface area contributed by atoms with Crippen LogP contribution in [0.15, 0.2) is 30.3 Å². The third kappa shape index (κ3) is 4.00. The quantitative estimate of drug-likeness (QED) is 0.623. The lowest BCUT2D eigenvalue weighted by Gasteiger charge is -2.45. The van der Waals surface area contributed by atoms with Crippen LogP contribution in [0, 0.1) is 0 Å². The van der Waals surface area contributed by atoms with Crippen LogP contribution >= 0.6 is 0 Å². The second-order valence-corrected chi connectivity index (χ2v) is 12.6. The molecule has 1 aromatic carbocycles. The summed E-state index contributed by atoms with van der Waals surface area (Å²) in [7, 11) is -2.01. The highest BCUT2D eigenvalue weighted by atomic mass is 28.4. The maximum absolute atomic E-state index is 10.6. The van der Waals surface area contributed by atoms with Crippen molar-refractivity contribution < 1.29 is 9.53 Å². The predicted octanol–water partition coefficient (Wildman–Crippen LogP) is 5.69. The molecule has 1 rings (SSSR count). The third-order valence-corrected chi connectivity index (χ3v) is 11.0. The molecule has 3 heteroatoms. The molecule has 22 heavy (non-hydrogen) atoms. The van der Waals surface area contributed by atoms with Gasteiger partial charge in [-0.15, -0.1) is 0 Å². The van der Waals surface area contributed by atoms with Gasteiger partial charge in [-0.25, -0.2) is 0 Å². The van der Waals surface area contributed by atoms with Gasteiger partial charge < -0.3 is 9.53 Å². The van der Waals surface area contributed by atoms with Crippen LogP contribution < -0.4 is 0 Å². The zero-order valence-electron chi connectivity index (χ0n) is 15.3. The van der Waals surface area contributed by atoms with Crippen LogP contribution in [-0.4, -0.2) is 19.5 Å². The van der Waals surface area contributed by atoms with Crippen molar-refractivity contribution >= 4 is 8.32 Å². The minimum atomic E-state index is -2.01. The minimum Gasteiger partial charge on any atom is -0.406 e. The van der Waals surface area contributed by atoms with E-state index in [-0.39, 0.29) is 6.10 Å². The Morgan fingerprint density at radius 1 is 0.909 bits per heavy atom. The maximum atomic E-state index is 10.6. The maximum Gasteiger partial charge on any atom is 0.201 e. The first-order valence-electron chi connectivity index (χ1n) is 8.68. The second-order valence-electron chi connectivity index (χ2n) is 7.24. The number of rotatable bonds is 8. The Labute approximate surface area is 138 Å². The third-order valence-electron chi connectivity index (χ3n) is 4.93. The van der Waals surface area contributed by atoms with Crippen molar-refractivity contribution in [3.8, 4) is 0 Å². The molecule has 2 nitrogen and oxygen atoms in total. The molecule has 0 aromatic heterocycles. The number of aliphatic hydroxyl groups excluding tert-OH is 1. The molecule has 2 atom stereocenters. The van der Waals surface area contributed by atoms with Crippen LogP contribution in [0.3, 0.4) is 0 Å². The van der Waals surface area contributed by atoms with Crippen molar-refractivity contribution in [3.05, 3.63) is 35.9 Å². The number of benzene rings is 1. The minimum absolute atomic E-state index is 0.218. The molecule has 0 spiro atoms. The van der Waals surface area contributed by atoms with Gasteiger partial charge in [0.2, 0.25) is 8.32 Å². The molecule has 126 valence electrons. The van der Waals surface area contributed by atoms with Gasteiger partial charge in [0.25, 0.3) is 0 Å². The Balaban J connectivity index is 3.25. The average molecular weight is 323 g/mol. The molecule has 0 fully saturated rings. The first-order valence-corrected chi connectivity index (χ1v) is 10.8. The summed E-state index contributed by atoms with van der Waals surface area (Å²) in [5, 5.41) is 10.6. The average Bonchev–Trinajstić information content (AvgIpc) is 2.47. The summed E-state index contributed by atoms with van der Waals surface area (Å²) >= 11 is 0. The van der Waals surface area contributed by atoms with E-state index in [0.717, 1.165) is 5.56 Å². The van der Waals surface area contributed by atoms with E-state index in [2.05, 4.69) is 53.7 Å². The highest BCUT2D eigenvalue weighted by Crippen LogP contribution is 2.45. The molecule has 0 aliphatic carbocycles. The van der Waals surface area contributed by atoms with Crippen molar-refractivity contribution in [1.29, 1.82) is 0 Å². The Bertz CT molecular complexity index is 407. The van der Waals surface area contributed by atoms with Gasteiger partial charge >= 0.3 is 0 Å². The summed E-state index contributed by atoms with van der Waals surface area (Å²) in [6.45, 7) is 15.7. The van der Waals surface area contributed by atoms with Gasteiger partial charge in [0.05, 0.1) is 12.2 Å². The van der Waals surface area contributed by atoms with E-state index in [1.54, 1.807) is 0 Å². The summed E-state index contributed by atoms with van der Waals surface area (Å²) in [5.41, 5.74) is 2.64. The summed E-state index contributed by atoms with van der Waals surface area (Å²) < 4.78 is 6.85. The largest absolute Gasteiger partial charge is 0.406 e. The molecule has 0 bridgehead atoms. The molecule has 0 saturated heterocycles. The SMILES string of the molecule is CC[C@@H](O)[C@H](O[Si](C(C)C)(C(C)C)C(C)C)c1ccccc1. The van der Waals surface area contributed by atoms with Gasteiger partial charge in [-0.05, 0) is 28.6 Å². The van der Waals surface area contributed by atoms with Gasteiger partial charge in [-0.2, -0.15) is 0 Å². The fraction of sp³-hybridized carbons (Fsp3) is 0.684. The van der Waals surface area contributed by atoms with Gasteiger partial charge in [0, 0.05) is 0 Å². The molecule has 0 heterocycles. The second kappa shape index (κ2) is 8.28. The smallest absolute Gasteiger partial charge is 0.201 e. The topological polar surface area (TPSA) is 29.5 Å². The molecular formula is C19H34O2Si. The lowest BCUT2D eigenvalue weighted by Crippen LogP contribution is -2.50. The van der Waals surface area contributed by atoms with Gasteiger partial charge in [0.1, 0.15) is 0 Å². The molecule has 0 radical (unpaired) electrons. The number of hydrogen-bond donors (Lipinski definition) is 1. The number of aliphatic hydroxyl groups is 1. The van der Waals surface area contributed by atoms with Crippen LogP contribution in [0.5, 0.6) is 0 Å². The standard InChI is InChI=1S/C19H34O2Si/c1-8-18(20)19(17-12-10-9-11-13-17)21-22(14(2)3,15(4)5)16(6)7/h9-16,18-20H,8H2,1-7H3/t18-,19-/m1/s1. The summed E-state index contributed by atoms with van der Waals surface area (Å²) in [6.07, 6.45) is 0.0359. The zero-order valence-corrected chi connectivity index (χ0v) is 16.3. The van der Waals surface area contributed by atoms with Crippen molar-refractivity contribution in [1.82, 2.24) is 0 Å². The van der Waals surface area contributed by atoms with Gasteiger partial charge in [0.15, 0.2) is 0 Å². The molecule has 0 aliphatic rings. The molecule has 1 N–H and O–H groups in total. The van der Waals surface area contributed by atoms with E-state index in [1.807, 2.05) is 25.1 Å². The summed E-state index contributed by atoms with van der Waals surface area (Å²) in [5.74, 6) is 0. The van der Waals surface area contributed by atoms with E-state index < -0.39 is 14.4 Å². The van der Waals surface area contributed by atoms with Crippen molar-refractivity contribution in [2.45, 2.75) is 83.7 Å². The van der Waals surface area contributed by atoms with Crippen LogP contribution in [0.2, 0.25) is 16.6 Å². The molecule has 0 aliphatic heterocycles. The lowest BCUT2D eigenvalue weighted by molar-refractivity contribution is 0.0218. The van der Waals surface area contributed by atoms with E-state index in [0.29, 0.717) is 23.0 Å². The molecule has 0 amide bonds. The first-order chi connectivity index (χ1) is 10.3. The normalized spacial score (nSPS) is 15.6. The first kappa shape index (κ1) is 19.4. The van der Waals surface area contributed by atoms with Crippen molar-refractivity contribution in [3.63, 3.8) is 0 Å². The highest BCUT2D eigenvalue weighted by Gasteiger charge is 2.47. The van der Waals surface area contributed by atoms with Crippen LogP contribution in [0.1, 0.15) is 66.6 Å². The van der Waals surface area contributed by atoms with Crippen LogP contribution in [0.25, 0.3) is 0 Å². The van der Waals surface area contributed by atoms with E-state index in [1.165, 1.54) is 0 Å². The van der Waals surface area contributed by atoms with E-state index >= 15 is 0 Å². The Morgan fingerprint density at radius 3 is 1.73 bits per heavy atom. The highest BCUT2D eigenvalue weighted by molar-refractivity contribution is 6.77. The number of hydrogen-bond acceptors (Lipinski definition) is 2. The molecule has 0 unspecified atom stereocenters. The van der Waals surface area contributed by atoms with Crippen LogP contribution in [-0.2, 0) is 4.43 Å². The van der Waals surface area contributed by atoms with E-state index in [9.17, 15) is 5.11 Å². The zero-order chi connectivity index (χ0) is 16.9. The Hall–Kier alpha value is -0.643. The Morgan fingerprint density at radius 2 is 1.36 bits per heavy atom. The fourth-order valence-electron chi connectivity index (χ4n) is 3.85. The molecule has 0 saturated carbocycles. The lowest BCUT2D eigenvalue weighted by atomic mass is 10.0. The predicted molar refractivity (Wildman–Crippen MR) is 97.6 cm³/mol. The van der Waals surface area contributed by atoms with Crippen LogP contribution in [0.4, 0.5) is 0 Å². The molecular weight excluding hydrogens is 288 g/mol. The summed E-state index contributed by atoms with van der Waals surface area (Å²) in [6, 6.07) is 10.2. The van der Waals surface area contributed by atoms with Crippen molar-refractivity contribution in [2.24, 2.45) is 0 Å². The Kier molecular flexibility index (Phi) is 7.30.